The van der Waals surface area contributed by atoms with Crippen LogP contribution in [0.1, 0.15) is 27.3 Å². The zero-order valence-corrected chi connectivity index (χ0v) is 21.9. The number of carbonyl (C=O) groups excluding carboxylic acids is 1. The van der Waals surface area contributed by atoms with Crippen LogP contribution in [0.4, 0.5) is 18.9 Å². The summed E-state index contributed by atoms with van der Waals surface area (Å²) in [5.41, 5.74) is 2.54. The fraction of sp³-hybridized carbons (Fsp3) is 0.214. The fourth-order valence-corrected chi connectivity index (χ4v) is 4.62. The summed E-state index contributed by atoms with van der Waals surface area (Å²) in [4.78, 5) is 27.6. The summed E-state index contributed by atoms with van der Waals surface area (Å²) in [6.45, 7) is 2.68. The van der Waals surface area contributed by atoms with E-state index in [1.807, 2.05) is 37.3 Å². The van der Waals surface area contributed by atoms with Crippen molar-refractivity contribution in [2.24, 2.45) is 0 Å². The molecule has 0 bridgehead atoms. The molecule has 0 unspecified atom stereocenters. The van der Waals surface area contributed by atoms with E-state index in [0.29, 0.717) is 23.6 Å². The van der Waals surface area contributed by atoms with Gasteiger partial charge in [-0.05, 0) is 60.5 Å². The third-order valence-corrected chi connectivity index (χ3v) is 6.67. The standard InChI is InChI=1S/C28H22F3N7O3/c1-16-13-18(25-32-14-21-20(34-25)8-10-23(33-21)28(29,30)31)5-9-22(16)37-11-12-41-26-24(27(37)39)38(36-35-26)15-17-3-6-19(40-2)7-4-17/h3-10,13-14H,11-12,15H2,1-2H3. The predicted octanol–water partition coefficient (Wildman–Crippen LogP) is 4.71. The second-order valence-electron chi connectivity index (χ2n) is 9.35. The first-order chi connectivity index (χ1) is 19.7. The van der Waals surface area contributed by atoms with E-state index in [4.69, 9.17) is 9.47 Å². The van der Waals surface area contributed by atoms with E-state index in [2.05, 4.69) is 25.3 Å². The highest BCUT2D eigenvalue weighted by atomic mass is 19.4. The third-order valence-electron chi connectivity index (χ3n) is 6.67. The van der Waals surface area contributed by atoms with Gasteiger partial charge in [-0.1, -0.05) is 22.4 Å². The highest BCUT2D eigenvalue weighted by molar-refractivity contribution is 6.07. The van der Waals surface area contributed by atoms with E-state index in [0.717, 1.165) is 22.9 Å². The van der Waals surface area contributed by atoms with Gasteiger partial charge in [0.2, 0.25) is 0 Å². The van der Waals surface area contributed by atoms with Gasteiger partial charge in [0, 0.05) is 11.3 Å². The molecule has 0 radical (unpaired) electrons. The maximum absolute atomic E-state index is 13.8. The number of halogens is 3. The van der Waals surface area contributed by atoms with Crippen LogP contribution in [0.25, 0.3) is 22.4 Å². The van der Waals surface area contributed by atoms with E-state index >= 15 is 0 Å². The monoisotopic (exact) mass is 561 g/mol. The van der Waals surface area contributed by atoms with Gasteiger partial charge in [0.1, 0.15) is 23.6 Å². The molecule has 6 rings (SSSR count). The first kappa shape index (κ1) is 26.2. The van der Waals surface area contributed by atoms with Crippen LogP contribution in [0.5, 0.6) is 11.6 Å². The molecule has 0 spiro atoms. The number of benzene rings is 2. The Morgan fingerprint density at radius 3 is 2.56 bits per heavy atom. The van der Waals surface area contributed by atoms with Crippen molar-refractivity contribution in [3.8, 4) is 23.0 Å². The number of aromatic nitrogens is 6. The first-order valence-corrected chi connectivity index (χ1v) is 12.5. The number of anilines is 1. The minimum absolute atomic E-state index is 0.0442. The van der Waals surface area contributed by atoms with Crippen molar-refractivity contribution in [2.45, 2.75) is 19.6 Å². The number of amides is 1. The molecule has 0 N–H and O–H groups in total. The Labute approximate surface area is 231 Å². The van der Waals surface area contributed by atoms with Gasteiger partial charge in [-0.2, -0.15) is 13.2 Å². The van der Waals surface area contributed by atoms with Gasteiger partial charge in [-0.25, -0.2) is 19.6 Å². The molecule has 10 nitrogen and oxygen atoms in total. The Balaban J connectivity index is 1.28. The number of hydrogen-bond acceptors (Lipinski definition) is 8. The van der Waals surface area contributed by atoms with Gasteiger partial charge in [0.25, 0.3) is 11.8 Å². The number of ether oxygens (including phenoxy) is 2. The topological polar surface area (TPSA) is 108 Å². The fourth-order valence-electron chi connectivity index (χ4n) is 4.62. The number of alkyl halides is 3. The normalized spacial score (nSPS) is 13.6. The molecule has 0 atom stereocenters. The van der Waals surface area contributed by atoms with Crippen LogP contribution in [-0.2, 0) is 12.7 Å². The Bertz CT molecular complexity index is 1770. The van der Waals surface area contributed by atoms with Crippen LogP contribution in [0, 0.1) is 6.92 Å². The lowest BCUT2D eigenvalue weighted by atomic mass is 10.1. The van der Waals surface area contributed by atoms with Gasteiger partial charge in [-0.3, -0.25) is 4.79 Å². The second kappa shape index (κ2) is 10.2. The Morgan fingerprint density at radius 2 is 1.83 bits per heavy atom. The van der Waals surface area contributed by atoms with E-state index < -0.39 is 11.9 Å². The lowest BCUT2D eigenvalue weighted by Gasteiger charge is -2.22. The van der Waals surface area contributed by atoms with Gasteiger partial charge in [0.15, 0.2) is 11.5 Å². The minimum atomic E-state index is -4.56. The Morgan fingerprint density at radius 1 is 1.02 bits per heavy atom. The summed E-state index contributed by atoms with van der Waals surface area (Å²) in [7, 11) is 1.59. The number of fused-ring (bicyclic) bond motifs is 2. The molecule has 1 amide bonds. The van der Waals surface area contributed by atoms with Gasteiger partial charge >= 0.3 is 6.18 Å². The summed E-state index contributed by atoms with van der Waals surface area (Å²) in [6, 6.07) is 15.0. The molecule has 13 heteroatoms. The molecule has 1 aliphatic rings. The molecule has 4 heterocycles. The number of nitrogens with zero attached hydrogens (tertiary/aromatic N) is 7. The van der Waals surface area contributed by atoms with Crippen molar-refractivity contribution >= 4 is 22.6 Å². The predicted molar refractivity (Wildman–Crippen MR) is 142 cm³/mol. The number of aryl methyl sites for hydroxylation is 1. The van der Waals surface area contributed by atoms with Crippen molar-refractivity contribution in [1.29, 1.82) is 0 Å². The van der Waals surface area contributed by atoms with Crippen molar-refractivity contribution in [1.82, 2.24) is 29.9 Å². The molecule has 41 heavy (non-hydrogen) atoms. The van der Waals surface area contributed by atoms with Crippen molar-refractivity contribution in [3.05, 3.63) is 83.3 Å². The largest absolute Gasteiger partial charge is 0.497 e. The molecule has 1 aliphatic heterocycles. The average Bonchev–Trinajstić information content (AvgIpc) is 3.28. The molecule has 0 saturated carbocycles. The lowest BCUT2D eigenvalue weighted by Crippen LogP contribution is -2.34. The van der Waals surface area contributed by atoms with Crippen LogP contribution in [0.15, 0.2) is 60.8 Å². The molecular formula is C28H22F3N7O3. The van der Waals surface area contributed by atoms with Crippen LogP contribution < -0.4 is 14.4 Å². The minimum Gasteiger partial charge on any atom is -0.497 e. The zero-order valence-electron chi connectivity index (χ0n) is 21.9. The van der Waals surface area contributed by atoms with Crippen molar-refractivity contribution in [3.63, 3.8) is 0 Å². The smallest absolute Gasteiger partial charge is 0.433 e. The third kappa shape index (κ3) is 5.01. The number of methoxy groups -OCH3 is 1. The molecule has 3 aromatic heterocycles. The average molecular weight is 562 g/mol. The van der Waals surface area contributed by atoms with Gasteiger partial charge in [0.05, 0.1) is 31.9 Å². The molecule has 0 aliphatic carbocycles. The molecule has 0 fully saturated rings. The summed E-state index contributed by atoms with van der Waals surface area (Å²) >= 11 is 0. The molecule has 0 saturated heterocycles. The van der Waals surface area contributed by atoms with Crippen LogP contribution >= 0.6 is 0 Å². The summed E-state index contributed by atoms with van der Waals surface area (Å²) < 4.78 is 51.5. The number of hydrogen-bond donors (Lipinski definition) is 0. The second-order valence-corrected chi connectivity index (χ2v) is 9.35. The van der Waals surface area contributed by atoms with Crippen LogP contribution in [0.3, 0.4) is 0 Å². The highest BCUT2D eigenvalue weighted by Crippen LogP contribution is 2.31. The number of carbonyl (C=O) groups is 1. The first-order valence-electron chi connectivity index (χ1n) is 12.5. The Kier molecular flexibility index (Phi) is 6.48. The quantitative estimate of drug-likeness (QED) is 0.304. The lowest BCUT2D eigenvalue weighted by molar-refractivity contribution is -0.140. The summed E-state index contributed by atoms with van der Waals surface area (Å²) in [6.07, 6.45) is -3.29. The Hall–Kier alpha value is -5.07. The van der Waals surface area contributed by atoms with E-state index in [-0.39, 0.29) is 41.7 Å². The number of pyridine rings is 1. The molecular weight excluding hydrogens is 539 g/mol. The van der Waals surface area contributed by atoms with Gasteiger partial charge < -0.3 is 14.4 Å². The van der Waals surface area contributed by atoms with Crippen molar-refractivity contribution in [2.75, 3.05) is 25.2 Å². The van der Waals surface area contributed by atoms with E-state index in [1.165, 1.54) is 16.9 Å². The highest BCUT2D eigenvalue weighted by Gasteiger charge is 2.33. The van der Waals surface area contributed by atoms with Gasteiger partial charge in [-0.15, -0.1) is 0 Å². The maximum atomic E-state index is 13.8. The van der Waals surface area contributed by atoms with E-state index in [1.54, 1.807) is 24.1 Å². The SMILES string of the molecule is COc1ccc(Cn2nnc3c2C(=O)N(c2ccc(-c4ncc5nc(C(F)(F)F)ccc5n4)cc2C)CCO3)cc1. The van der Waals surface area contributed by atoms with Crippen LogP contribution in [0.2, 0.25) is 0 Å². The maximum Gasteiger partial charge on any atom is 0.433 e. The summed E-state index contributed by atoms with van der Waals surface area (Å²) in [5, 5.41) is 8.23. The van der Waals surface area contributed by atoms with E-state index in [9.17, 15) is 18.0 Å². The number of rotatable bonds is 5. The molecule has 5 aromatic rings. The van der Waals surface area contributed by atoms with Crippen LogP contribution in [-0.4, -0.2) is 56.1 Å². The zero-order chi connectivity index (χ0) is 28.7. The summed E-state index contributed by atoms with van der Waals surface area (Å²) in [5.74, 6) is 0.910. The molecule has 208 valence electrons. The van der Waals surface area contributed by atoms with Crippen molar-refractivity contribution < 1.29 is 27.4 Å². The molecule has 2 aromatic carbocycles.